The standard InChI is InChI=1S/C14H20O3/c1-3-11(15)14-7-4-5-9(12(14)16)10-6-8-13(14,2)17-10/h6,8-11,15H,3-5,7H2,1-2H3/t9-,10-,11+,13+,14+/m1/s1. The van der Waals surface area contributed by atoms with Crippen LogP contribution in [-0.4, -0.2) is 28.7 Å². The molecule has 1 saturated carbocycles. The number of hydrogen-bond acceptors (Lipinski definition) is 3. The zero-order chi connectivity index (χ0) is 12.3. The van der Waals surface area contributed by atoms with Gasteiger partial charge in [0.1, 0.15) is 0 Å². The SMILES string of the molecule is CC[C@H](O)[C@@]12CCC[C@@H](C1=O)[C@H]1C=C[C@]2(C)O1. The molecule has 1 N–H and O–H groups in total. The predicted molar refractivity (Wildman–Crippen MR) is 63.5 cm³/mol. The Morgan fingerprint density at radius 2 is 2.41 bits per heavy atom. The minimum Gasteiger partial charge on any atom is -0.392 e. The van der Waals surface area contributed by atoms with Crippen LogP contribution in [0.25, 0.3) is 0 Å². The summed E-state index contributed by atoms with van der Waals surface area (Å²) in [5, 5.41) is 10.4. The minimum atomic E-state index is -0.700. The average Bonchev–Trinajstić information content (AvgIpc) is 2.70. The highest BCUT2D eigenvalue weighted by molar-refractivity contribution is 5.92. The van der Waals surface area contributed by atoms with E-state index in [4.69, 9.17) is 4.74 Å². The summed E-state index contributed by atoms with van der Waals surface area (Å²) in [7, 11) is 0. The van der Waals surface area contributed by atoms with Crippen LogP contribution in [0.1, 0.15) is 39.5 Å². The number of aliphatic hydroxyl groups is 1. The largest absolute Gasteiger partial charge is 0.392 e. The Morgan fingerprint density at radius 1 is 1.65 bits per heavy atom. The maximum absolute atomic E-state index is 12.7. The van der Waals surface area contributed by atoms with Crippen molar-refractivity contribution < 1.29 is 14.6 Å². The topological polar surface area (TPSA) is 46.5 Å². The molecule has 0 aromatic heterocycles. The smallest absolute Gasteiger partial charge is 0.150 e. The number of ether oxygens (including phenoxy) is 1. The van der Waals surface area contributed by atoms with Gasteiger partial charge in [-0.15, -0.1) is 0 Å². The van der Waals surface area contributed by atoms with Crippen LogP contribution in [0.2, 0.25) is 0 Å². The van der Waals surface area contributed by atoms with Gasteiger partial charge in [-0.25, -0.2) is 0 Å². The van der Waals surface area contributed by atoms with Gasteiger partial charge in [-0.05, 0) is 26.2 Å². The van der Waals surface area contributed by atoms with Crippen LogP contribution in [-0.2, 0) is 9.53 Å². The van der Waals surface area contributed by atoms with E-state index in [1.165, 1.54) is 0 Å². The second-order valence-corrected chi connectivity index (χ2v) is 5.81. The van der Waals surface area contributed by atoms with Gasteiger partial charge >= 0.3 is 0 Å². The molecule has 2 aliphatic heterocycles. The zero-order valence-corrected chi connectivity index (χ0v) is 10.5. The second kappa shape index (κ2) is 3.42. The van der Waals surface area contributed by atoms with Crippen LogP contribution < -0.4 is 0 Å². The number of fused-ring (bicyclic) bond motifs is 6. The normalized spacial score (nSPS) is 49.5. The lowest BCUT2D eigenvalue weighted by atomic mass is 9.56. The van der Waals surface area contributed by atoms with Crippen molar-refractivity contribution in [2.24, 2.45) is 11.3 Å². The van der Waals surface area contributed by atoms with Crippen molar-refractivity contribution in [1.29, 1.82) is 0 Å². The summed E-state index contributed by atoms with van der Waals surface area (Å²) in [6.07, 6.45) is 6.68. The van der Waals surface area contributed by atoms with Gasteiger partial charge < -0.3 is 9.84 Å². The van der Waals surface area contributed by atoms with Crippen molar-refractivity contribution in [2.75, 3.05) is 0 Å². The summed E-state index contributed by atoms with van der Waals surface area (Å²) in [6, 6.07) is 0. The lowest BCUT2D eigenvalue weighted by Crippen LogP contribution is -2.65. The van der Waals surface area contributed by atoms with E-state index in [1.54, 1.807) is 0 Å². The molecule has 1 aliphatic carbocycles. The first kappa shape index (κ1) is 11.4. The summed E-state index contributed by atoms with van der Waals surface area (Å²) >= 11 is 0. The number of ketones is 1. The molecule has 3 heteroatoms. The molecule has 0 amide bonds. The molecule has 2 fully saturated rings. The zero-order valence-electron chi connectivity index (χ0n) is 10.5. The third-order valence-electron chi connectivity index (χ3n) is 5.09. The first-order valence-corrected chi connectivity index (χ1v) is 6.65. The van der Waals surface area contributed by atoms with Gasteiger partial charge in [0.15, 0.2) is 5.78 Å². The number of rotatable bonds is 2. The summed E-state index contributed by atoms with van der Waals surface area (Å²) in [6.45, 7) is 3.90. The molecule has 0 radical (unpaired) electrons. The molecule has 5 atom stereocenters. The molecule has 3 nitrogen and oxygen atoms in total. The van der Waals surface area contributed by atoms with Gasteiger partial charge in [0.25, 0.3) is 0 Å². The molecular weight excluding hydrogens is 216 g/mol. The lowest BCUT2D eigenvalue weighted by Gasteiger charge is -2.55. The molecule has 1 saturated heterocycles. The Kier molecular flexibility index (Phi) is 2.30. The Balaban J connectivity index is 2.14. The molecule has 3 aliphatic rings. The highest BCUT2D eigenvalue weighted by atomic mass is 16.5. The maximum atomic E-state index is 12.7. The summed E-state index contributed by atoms with van der Waals surface area (Å²) in [5.74, 6) is 0.207. The number of Topliss-reactive ketones (excluding diaryl/α,β-unsaturated/α-hetero) is 1. The second-order valence-electron chi connectivity index (χ2n) is 5.81. The first-order valence-electron chi connectivity index (χ1n) is 6.65. The van der Waals surface area contributed by atoms with E-state index >= 15 is 0 Å². The Hall–Kier alpha value is -0.670. The monoisotopic (exact) mass is 236 g/mol. The number of carbonyl (C=O) groups excluding carboxylic acids is 1. The van der Waals surface area contributed by atoms with Crippen LogP contribution in [0.5, 0.6) is 0 Å². The van der Waals surface area contributed by atoms with Crippen molar-refractivity contribution in [3.8, 4) is 0 Å². The molecule has 0 aromatic rings. The van der Waals surface area contributed by atoms with Gasteiger partial charge in [0.05, 0.1) is 23.2 Å². The summed E-state index contributed by atoms with van der Waals surface area (Å²) in [5.41, 5.74) is -1.30. The molecule has 0 aromatic carbocycles. The number of hydrogen-bond donors (Lipinski definition) is 1. The van der Waals surface area contributed by atoms with Gasteiger partial charge in [0, 0.05) is 5.92 Å². The fourth-order valence-electron chi connectivity index (χ4n) is 4.11. The van der Waals surface area contributed by atoms with Gasteiger partial charge in [-0.1, -0.05) is 25.5 Å². The van der Waals surface area contributed by atoms with Crippen LogP contribution >= 0.6 is 0 Å². The molecular formula is C14H20O3. The third-order valence-corrected chi connectivity index (χ3v) is 5.09. The van der Waals surface area contributed by atoms with E-state index < -0.39 is 17.1 Å². The fourth-order valence-corrected chi connectivity index (χ4v) is 4.11. The molecule has 17 heavy (non-hydrogen) atoms. The van der Waals surface area contributed by atoms with Crippen molar-refractivity contribution in [2.45, 2.75) is 57.3 Å². The fraction of sp³-hybridized carbons (Fsp3) is 0.786. The van der Waals surface area contributed by atoms with Crippen LogP contribution in [0.4, 0.5) is 0 Å². The van der Waals surface area contributed by atoms with Crippen LogP contribution in [0, 0.1) is 11.3 Å². The third kappa shape index (κ3) is 1.17. The average molecular weight is 236 g/mol. The molecule has 3 rings (SSSR count). The van der Waals surface area contributed by atoms with Crippen molar-refractivity contribution in [3.63, 3.8) is 0 Å². The summed E-state index contributed by atoms with van der Waals surface area (Å²) in [4.78, 5) is 12.7. The molecule has 0 unspecified atom stereocenters. The molecule has 2 heterocycles. The van der Waals surface area contributed by atoms with Crippen LogP contribution in [0.15, 0.2) is 12.2 Å². The van der Waals surface area contributed by atoms with Crippen LogP contribution in [0.3, 0.4) is 0 Å². The van der Waals surface area contributed by atoms with E-state index in [9.17, 15) is 9.90 Å². The quantitative estimate of drug-likeness (QED) is 0.744. The lowest BCUT2D eigenvalue weighted by molar-refractivity contribution is -0.212. The van der Waals surface area contributed by atoms with Gasteiger partial charge in [-0.3, -0.25) is 4.79 Å². The Labute approximate surface area is 102 Å². The Morgan fingerprint density at radius 3 is 3.12 bits per heavy atom. The van der Waals surface area contributed by atoms with Crippen molar-refractivity contribution >= 4 is 5.78 Å². The van der Waals surface area contributed by atoms with E-state index in [2.05, 4.69) is 0 Å². The van der Waals surface area contributed by atoms with Gasteiger partial charge in [0.2, 0.25) is 0 Å². The number of carbonyl (C=O) groups is 1. The highest BCUT2D eigenvalue weighted by Gasteiger charge is 2.66. The molecule has 0 spiro atoms. The van der Waals surface area contributed by atoms with E-state index in [1.807, 2.05) is 26.0 Å². The highest BCUT2D eigenvalue weighted by Crippen LogP contribution is 2.57. The van der Waals surface area contributed by atoms with Crippen molar-refractivity contribution in [1.82, 2.24) is 0 Å². The Bertz CT molecular complexity index is 389. The van der Waals surface area contributed by atoms with Gasteiger partial charge in [-0.2, -0.15) is 0 Å². The summed E-state index contributed by atoms with van der Waals surface area (Å²) < 4.78 is 6.06. The first-order chi connectivity index (χ1) is 8.05. The predicted octanol–water partition coefficient (Wildman–Crippen LogP) is 1.84. The minimum absolute atomic E-state index is 0.0308. The van der Waals surface area contributed by atoms with Crippen molar-refractivity contribution in [3.05, 3.63) is 12.2 Å². The number of aliphatic hydroxyl groups excluding tert-OH is 1. The van der Waals surface area contributed by atoms with E-state index in [-0.39, 0.29) is 17.8 Å². The molecule has 4 bridgehead atoms. The van der Waals surface area contributed by atoms with E-state index in [0.29, 0.717) is 6.42 Å². The van der Waals surface area contributed by atoms with E-state index in [0.717, 1.165) is 19.3 Å². The maximum Gasteiger partial charge on any atom is 0.150 e. The molecule has 94 valence electrons.